The Morgan fingerprint density at radius 3 is 2.84 bits per heavy atom. The first-order valence-corrected chi connectivity index (χ1v) is 8.00. The second kappa shape index (κ2) is 7.53. The Hall–Kier alpha value is -1.03. The summed E-state index contributed by atoms with van der Waals surface area (Å²) in [5, 5.41) is 0. The smallest absolute Gasteiger partial charge is 0.316 e. The van der Waals surface area contributed by atoms with E-state index in [9.17, 15) is 4.79 Å². The molecular formula is C15H21NO2S. The number of esters is 1. The molecule has 0 aliphatic heterocycles. The van der Waals surface area contributed by atoms with Gasteiger partial charge in [0.25, 0.3) is 0 Å². The Morgan fingerprint density at radius 2 is 2.11 bits per heavy atom. The van der Waals surface area contributed by atoms with Crippen molar-refractivity contribution in [2.45, 2.75) is 50.0 Å². The number of ether oxygens (including phenoxy) is 1. The third-order valence-corrected chi connectivity index (χ3v) is 4.64. The second-order valence-corrected chi connectivity index (χ2v) is 6.00. The van der Waals surface area contributed by atoms with E-state index in [0.717, 1.165) is 17.7 Å². The van der Waals surface area contributed by atoms with E-state index in [2.05, 4.69) is 11.9 Å². The van der Waals surface area contributed by atoms with Gasteiger partial charge < -0.3 is 4.74 Å². The number of pyridine rings is 1. The molecule has 0 amide bonds. The summed E-state index contributed by atoms with van der Waals surface area (Å²) in [5.74, 6) is 0.854. The Bertz CT molecular complexity index is 396. The minimum atomic E-state index is -0.0906. The molecule has 1 aromatic heterocycles. The molecule has 19 heavy (non-hydrogen) atoms. The van der Waals surface area contributed by atoms with E-state index in [-0.39, 0.29) is 12.1 Å². The molecule has 1 heterocycles. The summed E-state index contributed by atoms with van der Waals surface area (Å²) < 4.78 is 5.64. The van der Waals surface area contributed by atoms with Crippen molar-refractivity contribution in [3.05, 3.63) is 24.5 Å². The average Bonchev–Trinajstić information content (AvgIpc) is 2.47. The average molecular weight is 279 g/mol. The van der Waals surface area contributed by atoms with Gasteiger partial charge in [-0.25, -0.2) is 0 Å². The highest BCUT2D eigenvalue weighted by Crippen LogP contribution is 2.29. The molecule has 1 aliphatic carbocycles. The number of hydrogen-bond donors (Lipinski definition) is 0. The van der Waals surface area contributed by atoms with Crippen LogP contribution in [0.3, 0.4) is 0 Å². The van der Waals surface area contributed by atoms with Crippen molar-refractivity contribution in [3.63, 3.8) is 0 Å². The summed E-state index contributed by atoms with van der Waals surface area (Å²) in [4.78, 5) is 16.9. The highest BCUT2D eigenvalue weighted by molar-refractivity contribution is 8.00. The molecular weight excluding hydrogens is 258 g/mol. The van der Waals surface area contributed by atoms with Crippen LogP contribution >= 0.6 is 11.8 Å². The van der Waals surface area contributed by atoms with Crippen LogP contribution in [0.1, 0.15) is 39.0 Å². The molecule has 1 fully saturated rings. The lowest BCUT2D eigenvalue weighted by molar-refractivity contribution is -0.150. The van der Waals surface area contributed by atoms with Crippen LogP contribution in [-0.2, 0) is 9.53 Å². The third-order valence-electron chi connectivity index (χ3n) is 3.65. The summed E-state index contributed by atoms with van der Waals surface area (Å²) in [6.07, 6.45) is 9.42. The molecule has 0 saturated heterocycles. The quantitative estimate of drug-likeness (QED) is 0.609. The molecule has 0 radical (unpaired) electrons. The lowest BCUT2D eigenvalue weighted by Crippen LogP contribution is -2.30. The molecule has 0 aromatic carbocycles. The number of carbonyl (C=O) groups is 1. The summed E-state index contributed by atoms with van der Waals surface area (Å²) in [6, 6.07) is 3.82. The van der Waals surface area contributed by atoms with Crippen LogP contribution in [-0.4, -0.2) is 22.8 Å². The Kier molecular flexibility index (Phi) is 5.70. The lowest BCUT2D eigenvalue weighted by Gasteiger charge is -2.30. The molecule has 1 aliphatic rings. The number of rotatable bonds is 5. The maximum absolute atomic E-state index is 11.9. The number of thioether (sulfide) groups is 1. The van der Waals surface area contributed by atoms with Gasteiger partial charge in [-0.2, -0.15) is 0 Å². The van der Waals surface area contributed by atoms with Crippen LogP contribution in [0.2, 0.25) is 0 Å². The highest BCUT2D eigenvalue weighted by atomic mass is 32.2. The van der Waals surface area contributed by atoms with E-state index in [1.54, 1.807) is 12.4 Å². The van der Waals surface area contributed by atoms with E-state index < -0.39 is 0 Å². The van der Waals surface area contributed by atoms with E-state index >= 15 is 0 Å². The molecule has 0 bridgehead atoms. The number of carbonyl (C=O) groups excluding carboxylic acids is 1. The van der Waals surface area contributed by atoms with E-state index in [1.165, 1.54) is 31.0 Å². The molecule has 2 atom stereocenters. The molecule has 1 saturated carbocycles. The first-order valence-electron chi connectivity index (χ1n) is 7.02. The fraction of sp³-hybridized carbons (Fsp3) is 0.600. The topological polar surface area (TPSA) is 39.2 Å². The van der Waals surface area contributed by atoms with Gasteiger partial charge in [-0.1, -0.05) is 13.3 Å². The zero-order valence-electron chi connectivity index (χ0n) is 11.4. The SMILES string of the molecule is CC[C@@H]1CCCC[C@@H]1OC(=O)CSc1ccncc1. The van der Waals surface area contributed by atoms with Gasteiger partial charge in [0.2, 0.25) is 0 Å². The van der Waals surface area contributed by atoms with Crippen LogP contribution in [0.4, 0.5) is 0 Å². The molecule has 4 heteroatoms. The standard InChI is InChI=1S/C15H21NO2S/c1-2-12-5-3-4-6-14(12)18-15(17)11-19-13-7-9-16-10-8-13/h7-10,12,14H,2-6,11H2,1H3/t12-,14+/m1/s1. The third kappa shape index (κ3) is 4.53. The predicted molar refractivity (Wildman–Crippen MR) is 77.1 cm³/mol. The van der Waals surface area contributed by atoms with Crippen LogP contribution in [0.15, 0.2) is 29.4 Å². The fourth-order valence-electron chi connectivity index (χ4n) is 2.58. The Morgan fingerprint density at radius 1 is 1.37 bits per heavy atom. The van der Waals surface area contributed by atoms with Gasteiger partial charge >= 0.3 is 5.97 Å². The van der Waals surface area contributed by atoms with E-state index in [4.69, 9.17) is 4.74 Å². The Labute approximate surface area is 119 Å². The lowest BCUT2D eigenvalue weighted by atomic mass is 9.85. The second-order valence-electron chi connectivity index (χ2n) is 4.95. The van der Waals surface area contributed by atoms with Gasteiger partial charge in [0.15, 0.2) is 0 Å². The monoisotopic (exact) mass is 279 g/mol. The summed E-state index contributed by atoms with van der Waals surface area (Å²) in [7, 11) is 0. The van der Waals surface area contributed by atoms with Crippen LogP contribution in [0.5, 0.6) is 0 Å². The zero-order valence-corrected chi connectivity index (χ0v) is 12.2. The van der Waals surface area contributed by atoms with Crippen LogP contribution in [0.25, 0.3) is 0 Å². The molecule has 0 N–H and O–H groups in total. The first-order chi connectivity index (χ1) is 9.29. The zero-order chi connectivity index (χ0) is 13.5. The van der Waals surface area contributed by atoms with Crippen molar-refractivity contribution < 1.29 is 9.53 Å². The molecule has 1 aromatic rings. The van der Waals surface area contributed by atoms with E-state index in [1.807, 2.05) is 12.1 Å². The molecule has 104 valence electrons. The maximum Gasteiger partial charge on any atom is 0.316 e. The van der Waals surface area contributed by atoms with Gasteiger partial charge in [0.05, 0.1) is 5.75 Å². The van der Waals surface area contributed by atoms with Crippen molar-refractivity contribution in [2.75, 3.05) is 5.75 Å². The largest absolute Gasteiger partial charge is 0.461 e. The summed E-state index contributed by atoms with van der Waals surface area (Å²) >= 11 is 1.51. The van der Waals surface area contributed by atoms with Crippen molar-refractivity contribution in [2.24, 2.45) is 5.92 Å². The first kappa shape index (κ1) is 14.4. The minimum Gasteiger partial charge on any atom is -0.461 e. The highest BCUT2D eigenvalue weighted by Gasteiger charge is 2.26. The molecule has 2 rings (SSSR count). The number of aromatic nitrogens is 1. The minimum absolute atomic E-state index is 0.0906. The maximum atomic E-state index is 11.9. The predicted octanol–water partition coefficient (Wildman–Crippen LogP) is 3.69. The molecule has 0 spiro atoms. The van der Waals surface area contributed by atoms with Crippen molar-refractivity contribution in [3.8, 4) is 0 Å². The van der Waals surface area contributed by atoms with Gasteiger partial charge in [-0.3, -0.25) is 9.78 Å². The summed E-state index contributed by atoms with van der Waals surface area (Å²) in [6.45, 7) is 2.18. The molecule has 0 unspecified atom stereocenters. The van der Waals surface area contributed by atoms with Gasteiger partial charge in [0, 0.05) is 17.3 Å². The van der Waals surface area contributed by atoms with Crippen LogP contribution in [0, 0.1) is 5.92 Å². The fourth-order valence-corrected chi connectivity index (χ4v) is 3.24. The molecule has 3 nitrogen and oxygen atoms in total. The van der Waals surface area contributed by atoms with Crippen molar-refractivity contribution >= 4 is 17.7 Å². The van der Waals surface area contributed by atoms with Crippen molar-refractivity contribution in [1.29, 1.82) is 0 Å². The van der Waals surface area contributed by atoms with Gasteiger partial charge in [-0.05, 0) is 43.7 Å². The normalized spacial score (nSPS) is 23.0. The van der Waals surface area contributed by atoms with Gasteiger partial charge in [-0.15, -0.1) is 11.8 Å². The van der Waals surface area contributed by atoms with E-state index in [0.29, 0.717) is 11.7 Å². The number of hydrogen-bond acceptors (Lipinski definition) is 4. The van der Waals surface area contributed by atoms with Crippen molar-refractivity contribution in [1.82, 2.24) is 4.98 Å². The van der Waals surface area contributed by atoms with Crippen LogP contribution < -0.4 is 0 Å². The summed E-state index contributed by atoms with van der Waals surface area (Å²) in [5.41, 5.74) is 0. The Balaban J connectivity index is 1.77. The van der Waals surface area contributed by atoms with Gasteiger partial charge in [0.1, 0.15) is 6.10 Å². The number of nitrogens with zero attached hydrogens (tertiary/aromatic N) is 1.